The van der Waals surface area contributed by atoms with Crippen LogP contribution in [0.5, 0.6) is 0 Å². The van der Waals surface area contributed by atoms with Gasteiger partial charge in [-0.25, -0.2) is 0 Å². The summed E-state index contributed by atoms with van der Waals surface area (Å²) in [5, 5.41) is 12.0. The van der Waals surface area contributed by atoms with Crippen LogP contribution in [0.25, 0.3) is 121 Å². The van der Waals surface area contributed by atoms with Crippen LogP contribution in [0.4, 0.5) is 0 Å². The maximum Gasteiger partial charge on any atom is 0.143 e. The van der Waals surface area contributed by atoms with E-state index in [1.807, 2.05) is 6.07 Å². The third-order valence-corrected chi connectivity index (χ3v) is 13.3. The van der Waals surface area contributed by atoms with Gasteiger partial charge in [0.15, 0.2) is 0 Å². The monoisotopic (exact) mass is 752 g/mol. The second-order valence-corrected chi connectivity index (χ2v) is 16.8. The topological polar surface area (TPSA) is 26.3 Å². The minimum absolute atomic E-state index is 0.0670. The lowest BCUT2D eigenvalue weighted by Gasteiger charge is -2.22. The lowest BCUT2D eigenvalue weighted by atomic mass is 9.81. The van der Waals surface area contributed by atoms with Crippen LogP contribution in [0.3, 0.4) is 0 Å². The molecule has 0 saturated heterocycles. The minimum Gasteiger partial charge on any atom is -0.455 e. The van der Waals surface area contributed by atoms with Crippen LogP contribution in [0.15, 0.2) is 191 Å². The molecule has 0 aliphatic heterocycles. The summed E-state index contributed by atoms with van der Waals surface area (Å²) in [4.78, 5) is 0. The zero-order valence-electron chi connectivity index (χ0n) is 32.6. The van der Waals surface area contributed by atoms with Crippen molar-refractivity contribution in [2.24, 2.45) is 0 Å². The van der Waals surface area contributed by atoms with Gasteiger partial charge in [0.2, 0.25) is 0 Å². The minimum atomic E-state index is -0.0670. The molecule has 10 aromatic carbocycles. The predicted octanol–water partition coefficient (Wildman–Crippen LogP) is 16.3. The molecule has 0 atom stereocenters. The second-order valence-electron chi connectivity index (χ2n) is 16.8. The fourth-order valence-electron chi connectivity index (χ4n) is 10.4. The van der Waals surface area contributed by atoms with Crippen LogP contribution >= 0.6 is 0 Å². The molecule has 2 nitrogen and oxygen atoms in total. The van der Waals surface area contributed by atoms with E-state index in [1.165, 1.54) is 60.1 Å². The molecular formula is C57H36O2. The Bertz CT molecular complexity index is 3760. The number of para-hydroxylation sites is 3. The zero-order valence-corrected chi connectivity index (χ0v) is 32.6. The van der Waals surface area contributed by atoms with Gasteiger partial charge in [-0.2, -0.15) is 0 Å². The highest BCUT2D eigenvalue weighted by Gasteiger charge is 2.35. The Labute approximate surface area is 340 Å². The Morgan fingerprint density at radius 1 is 0.288 bits per heavy atom. The molecule has 59 heavy (non-hydrogen) atoms. The molecule has 0 saturated carbocycles. The number of benzene rings is 10. The van der Waals surface area contributed by atoms with Gasteiger partial charge in [-0.05, 0) is 113 Å². The molecule has 0 bridgehead atoms. The molecule has 0 spiro atoms. The fourth-order valence-corrected chi connectivity index (χ4v) is 10.4. The van der Waals surface area contributed by atoms with E-state index in [-0.39, 0.29) is 5.41 Å². The summed E-state index contributed by atoms with van der Waals surface area (Å²) in [6.45, 7) is 4.68. The molecule has 2 heteroatoms. The smallest absolute Gasteiger partial charge is 0.143 e. The van der Waals surface area contributed by atoms with Crippen molar-refractivity contribution in [3.8, 4) is 44.5 Å². The van der Waals surface area contributed by atoms with Gasteiger partial charge in [0.05, 0.1) is 0 Å². The molecule has 0 unspecified atom stereocenters. The van der Waals surface area contributed by atoms with Gasteiger partial charge in [-0.15, -0.1) is 0 Å². The van der Waals surface area contributed by atoms with Crippen LogP contribution in [-0.4, -0.2) is 0 Å². The SMILES string of the molecule is CC1(C)c2ccccc2-c2ccc(-c3cccc4c3oc3cc(-c5ccc6c(c5)c5ccccc5c5ccc(-c7cccc8c7oc7ccccc78)cc56)ccc34)cc21. The van der Waals surface area contributed by atoms with E-state index in [9.17, 15) is 0 Å². The highest BCUT2D eigenvalue weighted by Crippen LogP contribution is 2.50. The number of fused-ring (bicyclic) bond motifs is 15. The average molecular weight is 753 g/mol. The number of hydrogen-bond donors (Lipinski definition) is 0. The average Bonchev–Trinajstić information content (AvgIpc) is 3.93. The van der Waals surface area contributed by atoms with E-state index in [1.54, 1.807) is 0 Å². The first kappa shape index (κ1) is 32.6. The lowest BCUT2D eigenvalue weighted by Crippen LogP contribution is -2.14. The normalized spacial score (nSPS) is 13.4. The van der Waals surface area contributed by atoms with E-state index in [2.05, 4.69) is 190 Å². The van der Waals surface area contributed by atoms with Crippen LogP contribution in [0.2, 0.25) is 0 Å². The molecule has 0 fully saturated rings. The van der Waals surface area contributed by atoms with Crippen LogP contribution in [0, 0.1) is 0 Å². The summed E-state index contributed by atoms with van der Waals surface area (Å²) in [5.74, 6) is 0. The highest BCUT2D eigenvalue weighted by atomic mass is 16.3. The highest BCUT2D eigenvalue weighted by molar-refractivity contribution is 6.26. The Morgan fingerprint density at radius 2 is 0.746 bits per heavy atom. The zero-order chi connectivity index (χ0) is 39.0. The molecule has 1 aliphatic carbocycles. The molecule has 13 rings (SSSR count). The Balaban J connectivity index is 0.944. The van der Waals surface area contributed by atoms with Gasteiger partial charge in [0.1, 0.15) is 22.3 Å². The van der Waals surface area contributed by atoms with Crippen molar-refractivity contribution in [2.75, 3.05) is 0 Å². The molecule has 0 amide bonds. The van der Waals surface area contributed by atoms with Crippen LogP contribution in [0.1, 0.15) is 25.0 Å². The van der Waals surface area contributed by atoms with Crippen molar-refractivity contribution in [3.63, 3.8) is 0 Å². The Kier molecular flexibility index (Phi) is 6.54. The molecule has 2 heterocycles. The van der Waals surface area contributed by atoms with E-state index in [4.69, 9.17) is 8.83 Å². The first-order chi connectivity index (χ1) is 29.0. The maximum absolute atomic E-state index is 6.85. The largest absolute Gasteiger partial charge is 0.455 e. The van der Waals surface area contributed by atoms with Crippen LogP contribution < -0.4 is 0 Å². The predicted molar refractivity (Wildman–Crippen MR) is 247 cm³/mol. The summed E-state index contributed by atoms with van der Waals surface area (Å²) in [7, 11) is 0. The molecule has 0 N–H and O–H groups in total. The van der Waals surface area contributed by atoms with E-state index >= 15 is 0 Å². The molecule has 276 valence electrons. The van der Waals surface area contributed by atoms with E-state index in [0.29, 0.717) is 0 Å². The van der Waals surface area contributed by atoms with Gasteiger partial charge in [0, 0.05) is 38.1 Å². The summed E-state index contributed by atoms with van der Waals surface area (Å²) < 4.78 is 13.3. The number of furan rings is 2. The number of hydrogen-bond acceptors (Lipinski definition) is 2. The van der Waals surface area contributed by atoms with Crippen molar-refractivity contribution in [2.45, 2.75) is 19.3 Å². The van der Waals surface area contributed by atoms with Crippen molar-refractivity contribution >= 4 is 76.2 Å². The second kappa shape index (κ2) is 11.8. The molecule has 2 aromatic heterocycles. The van der Waals surface area contributed by atoms with Gasteiger partial charge in [-0.3, -0.25) is 0 Å². The van der Waals surface area contributed by atoms with Gasteiger partial charge in [0.25, 0.3) is 0 Å². The summed E-state index contributed by atoms with van der Waals surface area (Å²) in [5.41, 5.74) is 15.9. The lowest BCUT2D eigenvalue weighted by molar-refractivity contribution is 0.660. The Hall–Kier alpha value is -7.42. The molecular weight excluding hydrogens is 717 g/mol. The van der Waals surface area contributed by atoms with E-state index in [0.717, 1.165) is 71.7 Å². The van der Waals surface area contributed by atoms with Crippen molar-refractivity contribution < 1.29 is 8.83 Å². The summed E-state index contributed by atoms with van der Waals surface area (Å²) in [6, 6.07) is 66.4. The third kappa shape index (κ3) is 4.57. The van der Waals surface area contributed by atoms with Gasteiger partial charge < -0.3 is 8.83 Å². The first-order valence-corrected chi connectivity index (χ1v) is 20.5. The molecule has 1 aliphatic rings. The molecule has 0 radical (unpaired) electrons. The standard InChI is InChI=1S/C57H36O2/c1-57(2)51-19-7-5-13-43(51)44-27-24-36(31-52(44)57)38-16-10-18-48-46-28-22-34(32-54(46)59-56(38)48)33-21-25-42-49(29-33)40-12-4-3-11-39(40)41-26-23-35(30-50(41)42)37-15-9-17-47-45-14-6-8-20-53(45)58-55(37)47/h3-32H,1-2H3. The summed E-state index contributed by atoms with van der Waals surface area (Å²) in [6.07, 6.45) is 0. The fraction of sp³-hybridized carbons (Fsp3) is 0.0526. The van der Waals surface area contributed by atoms with Gasteiger partial charge >= 0.3 is 0 Å². The Morgan fingerprint density at radius 3 is 1.51 bits per heavy atom. The number of rotatable bonds is 3. The maximum atomic E-state index is 6.85. The third-order valence-electron chi connectivity index (χ3n) is 13.3. The van der Waals surface area contributed by atoms with Crippen molar-refractivity contribution in [1.29, 1.82) is 0 Å². The van der Waals surface area contributed by atoms with Crippen LogP contribution in [-0.2, 0) is 5.41 Å². The van der Waals surface area contributed by atoms with Crippen molar-refractivity contribution in [1.82, 2.24) is 0 Å². The quantitative estimate of drug-likeness (QED) is 0.168. The van der Waals surface area contributed by atoms with Crippen molar-refractivity contribution in [3.05, 3.63) is 193 Å². The summed E-state index contributed by atoms with van der Waals surface area (Å²) >= 11 is 0. The van der Waals surface area contributed by atoms with Gasteiger partial charge in [-0.1, -0.05) is 159 Å². The van der Waals surface area contributed by atoms with E-state index < -0.39 is 0 Å². The molecule has 12 aromatic rings. The first-order valence-electron chi connectivity index (χ1n) is 20.5.